The Morgan fingerprint density at radius 1 is 1.11 bits per heavy atom. The summed E-state index contributed by atoms with van der Waals surface area (Å²) in [6, 6.07) is 3.96. The van der Waals surface area contributed by atoms with Gasteiger partial charge in [-0.05, 0) is 12.8 Å². The first kappa shape index (κ1) is 12.8. The van der Waals surface area contributed by atoms with Gasteiger partial charge in [0.2, 0.25) is 17.8 Å². The highest BCUT2D eigenvalue weighted by Gasteiger charge is 2.18. The fraction of sp³-hybridized carbons (Fsp3) is 0.545. The van der Waals surface area contributed by atoms with Crippen LogP contribution < -0.4 is 15.5 Å². The maximum absolute atomic E-state index is 8.76. The Morgan fingerprint density at radius 2 is 1.74 bits per heavy atom. The van der Waals surface area contributed by atoms with E-state index < -0.39 is 0 Å². The van der Waals surface area contributed by atoms with Crippen molar-refractivity contribution in [1.82, 2.24) is 15.0 Å². The van der Waals surface area contributed by atoms with Crippen LogP contribution in [0.5, 0.6) is 0 Å². The molecule has 0 atom stereocenters. The predicted molar refractivity (Wildman–Crippen MR) is 69.1 cm³/mol. The highest BCUT2D eigenvalue weighted by atomic mass is 15.4. The Kier molecular flexibility index (Phi) is 3.94. The molecule has 8 nitrogen and oxygen atoms in total. The molecule has 2 rings (SSSR count). The largest absolute Gasteiger partial charge is 0.368 e. The molecule has 0 saturated carbocycles. The average molecular weight is 258 g/mol. The third-order valence-electron chi connectivity index (χ3n) is 2.82. The first-order valence-electron chi connectivity index (χ1n) is 6.00. The molecule has 0 aromatic carbocycles. The number of hydrogen-bond acceptors (Lipinski definition) is 8. The number of rotatable bonds is 4. The van der Waals surface area contributed by atoms with Crippen molar-refractivity contribution in [3.8, 4) is 12.1 Å². The molecule has 1 aliphatic rings. The van der Waals surface area contributed by atoms with E-state index in [0.29, 0.717) is 5.95 Å². The van der Waals surface area contributed by atoms with Crippen molar-refractivity contribution < 1.29 is 0 Å². The van der Waals surface area contributed by atoms with Crippen LogP contribution in [-0.4, -0.2) is 41.1 Å². The maximum Gasteiger partial charge on any atom is 0.233 e. The molecule has 0 radical (unpaired) electrons. The number of aromatic nitrogens is 3. The lowest BCUT2D eigenvalue weighted by atomic mass is 10.4. The average Bonchev–Trinajstić information content (AvgIpc) is 2.91. The van der Waals surface area contributed by atoms with Crippen LogP contribution in [0.25, 0.3) is 0 Å². The van der Waals surface area contributed by atoms with Crippen LogP contribution in [-0.2, 0) is 0 Å². The summed E-state index contributed by atoms with van der Waals surface area (Å²) in [5.74, 6) is 0.895. The lowest BCUT2D eigenvalue weighted by Gasteiger charge is -2.19. The van der Waals surface area contributed by atoms with Gasteiger partial charge in [-0.1, -0.05) is 0 Å². The molecule has 1 fully saturated rings. The van der Waals surface area contributed by atoms with E-state index in [0.717, 1.165) is 25.9 Å². The molecule has 2 heterocycles. The van der Waals surface area contributed by atoms with Gasteiger partial charge >= 0.3 is 0 Å². The van der Waals surface area contributed by atoms with Crippen LogP contribution in [0.2, 0.25) is 0 Å². The van der Waals surface area contributed by atoms with Crippen molar-refractivity contribution >= 4 is 17.8 Å². The summed E-state index contributed by atoms with van der Waals surface area (Å²) < 4.78 is 0. The zero-order chi connectivity index (χ0) is 13.7. The van der Waals surface area contributed by atoms with E-state index >= 15 is 0 Å². The van der Waals surface area contributed by atoms with Gasteiger partial charge in [-0.2, -0.15) is 25.5 Å². The molecule has 0 spiro atoms. The summed E-state index contributed by atoms with van der Waals surface area (Å²) >= 11 is 0. The molecule has 1 aliphatic heterocycles. The Labute approximate surface area is 111 Å². The predicted octanol–water partition coefficient (Wildman–Crippen LogP) is -0.0924. The monoisotopic (exact) mass is 258 g/mol. The standard InChI is InChI=1S/C11H14N8/c12-3-7-19(8-4-13)11-16-9(14)15-10(17-11)18-5-1-2-6-18/h1-2,5-8H2,(H2,14,15,16,17). The number of nitrogens with two attached hydrogens (primary N) is 1. The molecule has 1 saturated heterocycles. The number of nitrogens with zero attached hydrogens (tertiary/aromatic N) is 7. The minimum atomic E-state index is 0.0381. The van der Waals surface area contributed by atoms with Crippen LogP contribution in [0.3, 0.4) is 0 Å². The Bertz CT molecular complexity index is 506. The van der Waals surface area contributed by atoms with Crippen LogP contribution >= 0.6 is 0 Å². The minimum Gasteiger partial charge on any atom is -0.368 e. The fourth-order valence-corrected chi connectivity index (χ4v) is 1.94. The fourth-order valence-electron chi connectivity index (χ4n) is 1.94. The van der Waals surface area contributed by atoms with Gasteiger partial charge in [-0.15, -0.1) is 0 Å². The Morgan fingerprint density at radius 3 is 2.32 bits per heavy atom. The maximum atomic E-state index is 8.76. The van der Waals surface area contributed by atoms with E-state index in [4.69, 9.17) is 16.3 Å². The normalized spacial score (nSPS) is 13.9. The summed E-state index contributed by atoms with van der Waals surface area (Å²) in [6.07, 6.45) is 2.20. The molecule has 1 aromatic heterocycles. The van der Waals surface area contributed by atoms with Gasteiger partial charge in [0.05, 0.1) is 12.1 Å². The second-order valence-electron chi connectivity index (χ2n) is 4.16. The van der Waals surface area contributed by atoms with E-state index in [1.165, 1.54) is 4.90 Å². The van der Waals surface area contributed by atoms with Gasteiger partial charge in [-0.25, -0.2) is 0 Å². The van der Waals surface area contributed by atoms with Crippen LogP contribution in [0.4, 0.5) is 17.8 Å². The highest BCUT2D eigenvalue weighted by molar-refractivity contribution is 5.45. The van der Waals surface area contributed by atoms with Crippen molar-refractivity contribution in [1.29, 1.82) is 10.5 Å². The molecular weight excluding hydrogens is 244 g/mol. The van der Waals surface area contributed by atoms with Gasteiger partial charge in [0, 0.05) is 13.1 Å². The lowest BCUT2D eigenvalue weighted by Crippen LogP contribution is -2.28. The van der Waals surface area contributed by atoms with E-state index in [2.05, 4.69) is 15.0 Å². The summed E-state index contributed by atoms with van der Waals surface area (Å²) in [7, 11) is 0. The number of hydrogen-bond donors (Lipinski definition) is 1. The van der Waals surface area contributed by atoms with Gasteiger partial charge in [0.15, 0.2) is 0 Å². The van der Waals surface area contributed by atoms with E-state index in [-0.39, 0.29) is 25.0 Å². The summed E-state index contributed by atoms with van der Waals surface area (Å²) in [5.41, 5.74) is 5.68. The van der Waals surface area contributed by atoms with Crippen molar-refractivity contribution in [3.63, 3.8) is 0 Å². The molecule has 8 heteroatoms. The van der Waals surface area contributed by atoms with Crippen molar-refractivity contribution in [2.75, 3.05) is 41.7 Å². The molecule has 0 unspecified atom stereocenters. The Balaban J connectivity index is 2.29. The van der Waals surface area contributed by atoms with Gasteiger partial charge < -0.3 is 15.5 Å². The van der Waals surface area contributed by atoms with Crippen LogP contribution in [0.15, 0.2) is 0 Å². The second kappa shape index (κ2) is 5.83. The van der Waals surface area contributed by atoms with E-state index in [1.54, 1.807) is 0 Å². The second-order valence-corrected chi connectivity index (χ2v) is 4.16. The minimum absolute atomic E-state index is 0.0381. The van der Waals surface area contributed by atoms with Gasteiger partial charge in [-0.3, -0.25) is 0 Å². The first-order valence-corrected chi connectivity index (χ1v) is 6.00. The third kappa shape index (κ3) is 2.99. The molecule has 0 amide bonds. The molecule has 98 valence electrons. The van der Waals surface area contributed by atoms with Gasteiger partial charge in [0.25, 0.3) is 0 Å². The summed E-state index contributed by atoms with van der Waals surface area (Å²) in [6.45, 7) is 1.85. The molecule has 0 aliphatic carbocycles. The van der Waals surface area contributed by atoms with E-state index in [1.807, 2.05) is 17.0 Å². The number of nitriles is 2. The summed E-state index contributed by atoms with van der Waals surface area (Å²) in [4.78, 5) is 15.9. The van der Waals surface area contributed by atoms with Crippen molar-refractivity contribution in [3.05, 3.63) is 0 Å². The first-order chi connectivity index (χ1) is 9.24. The lowest BCUT2D eigenvalue weighted by molar-refractivity contribution is 0.843. The van der Waals surface area contributed by atoms with Crippen molar-refractivity contribution in [2.45, 2.75) is 12.8 Å². The molecule has 1 aromatic rings. The van der Waals surface area contributed by atoms with Crippen LogP contribution in [0.1, 0.15) is 12.8 Å². The number of anilines is 3. The number of nitrogen functional groups attached to an aromatic ring is 1. The zero-order valence-electron chi connectivity index (χ0n) is 10.5. The smallest absolute Gasteiger partial charge is 0.233 e. The topological polar surface area (TPSA) is 119 Å². The Hall–Kier alpha value is -2.61. The zero-order valence-corrected chi connectivity index (χ0v) is 10.5. The highest BCUT2D eigenvalue weighted by Crippen LogP contribution is 2.19. The summed E-state index contributed by atoms with van der Waals surface area (Å²) in [5, 5.41) is 17.5. The van der Waals surface area contributed by atoms with Crippen LogP contribution in [0, 0.1) is 22.7 Å². The van der Waals surface area contributed by atoms with Gasteiger partial charge in [0.1, 0.15) is 13.1 Å². The SMILES string of the molecule is N#CCN(CC#N)c1nc(N)nc(N2CCCC2)n1. The quantitative estimate of drug-likeness (QED) is 0.744. The third-order valence-corrected chi connectivity index (χ3v) is 2.82. The van der Waals surface area contributed by atoms with Crippen molar-refractivity contribution in [2.24, 2.45) is 0 Å². The molecule has 19 heavy (non-hydrogen) atoms. The molecular formula is C11H14N8. The van der Waals surface area contributed by atoms with E-state index in [9.17, 15) is 0 Å². The molecule has 0 bridgehead atoms. The molecule has 2 N–H and O–H groups in total.